The molecule has 0 bridgehead atoms. The highest BCUT2D eigenvalue weighted by Gasteiger charge is 2.15. The van der Waals surface area contributed by atoms with Gasteiger partial charge in [-0.05, 0) is 30.5 Å². The third-order valence-corrected chi connectivity index (χ3v) is 4.94. The summed E-state index contributed by atoms with van der Waals surface area (Å²) >= 11 is 1.61. The first-order valence-electron chi connectivity index (χ1n) is 7.72. The molecule has 0 N–H and O–H groups in total. The molecule has 1 aliphatic carbocycles. The fraction of sp³-hybridized carbons (Fsp3) is 0.444. The van der Waals surface area contributed by atoms with Crippen LogP contribution >= 0.6 is 11.8 Å². The van der Waals surface area contributed by atoms with Crippen molar-refractivity contribution in [2.45, 2.75) is 38.1 Å². The number of rotatable bonds is 3. The van der Waals surface area contributed by atoms with Gasteiger partial charge in [-0.25, -0.2) is 0 Å². The number of hydrogen-bond donors (Lipinski definition) is 0. The van der Waals surface area contributed by atoms with Gasteiger partial charge in [-0.3, -0.25) is 4.99 Å². The van der Waals surface area contributed by atoms with Crippen LogP contribution in [0, 0.1) is 11.3 Å². The van der Waals surface area contributed by atoms with Crippen molar-refractivity contribution in [1.82, 2.24) is 4.90 Å². The van der Waals surface area contributed by atoms with Gasteiger partial charge in [-0.1, -0.05) is 49.7 Å². The highest BCUT2D eigenvalue weighted by molar-refractivity contribution is 8.21. The second-order valence-electron chi connectivity index (χ2n) is 5.81. The number of nitriles is 1. The summed E-state index contributed by atoms with van der Waals surface area (Å²) in [6, 6.07) is 10.1. The maximum atomic E-state index is 8.86. The summed E-state index contributed by atoms with van der Waals surface area (Å²) in [7, 11) is 4.06. The van der Waals surface area contributed by atoms with Crippen LogP contribution in [-0.2, 0) is 0 Å². The zero-order valence-corrected chi connectivity index (χ0v) is 14.2. The summed E-state index contributed by atoms with van der Waals surface area (Å²) in [4.78, 5) is 7.96. The molecule has 1 aromatic carbocycles. The lowest BCUT2D eigenvalue weighted by molar-refractivity contribution is 0.439. The number of benzene rings is 1. The van der Waals surface area contributed by atoms with E-state index in [9.17, 15) is 0 Å². The molecule has 22 heavy (non-hydrogen) atoms. The van der Waals surface area contributed by atoms with E-state index in [1.54, 1.807) is 11.8 Å². The second kappa shape index (κ2) is 8.05. The molecule has 2 rings (SSSR count). The number of thioether (sulfide) groups is 1. The normalized spacial score (nSPS) is 16.1. The van der Waals surface area contributed by atoms with Crippen LogP contribution in [0.5, 0.6) is 0 Å². The first kappa shape index (κ1) is 16.6. The monoisotopic (exact) mass is 313 g/mol. The molecule has 1 aromatic rings. The molecule has 1 fully saturated rings. The lowest BCUT2D eigenvalue weighted by Crippen LogP contribution is -2.22. The molecule has 0 heterocycles. The largest absolute Gasteiger partial charge is 0.357 e. The number of amidine groups is 1. The van der Waals surface area contributed by atoms with Gasteiger partial charge in [0.1, 0.15) is 0 Å². The highest BCUT2D eigenvalue weighted by Crippen LogP contribution is 2.29. The van der Waals surface area contributed by atoms with E-state index in [-0.39, 0.29) is 0 Å². The zero-order chi connectivity index (χ0) is 15.9. The van der Waals surface area contributed by atoms with E-state index in [0.29, 0.717) is 11.6 Å². The van der Waals surface area contributed by atoms with E-state index in [0.717, 1.165) is 15.6 Å². The smallest absolute Gasteiger partial charge is 0.163 e. The summed E-state index contributed by atoms with van der Waals surface area (Å²) in [5, 5.41) is 9.88. The van der Waals surface area contributed by atoms with E-state index in [2.05, 4.69) is 17.5 Å². The third-order valence-electron chi connectivity index (χ3n) is 3.80. The van der Waals surface area contributed by atoms with Crippen LogP contribution in [0.3, 0.4) is 0 Å². The standard InChI is InChI=1S/C18H23N3S/c1-14(16-11-9-15(13-19)10-12-16)22-18(21(2)3)20-17-7-5-4-6-8-17/h9-12,17H,1,4-8H2,2-3H3. The van der Waals surface area contributed by atoms with E-state index >= 15 is 0 Å². The Bertz CT molecular complexity index is 575. The van der Waals surface area contributed by atoms with Crippen LogP contribution in [0.15, 0.2) is 35.8 Å². The fourth-order valence-electron chi connectivity index (χ4n) is 2.50. The Morgan fingerprint density at radius 1 is 1.23 bits per heavy atom. The molecule has 0 amide bonds. The summed E-state index contributed by atoms with van der Waals surface area (Å²) in [6.45, 7) is 4.17. The molecule has 0 atom stereocenters. The SMILES string of the molecule is C=C(SC(=NC1CCCCC1)N(C)C)c1ccc(C#N)cc1. The molecule has 4 heteroatoms. The predicted molar refractivity (Wildman–Crippen MR) is 95.8 cm³/mol. The molecular weight excluding hydrogens is 290 g/mol. The Hall–Kier alpha value is -1.73. The lowest BCUT2D eigenvalue weighted by atomic mass is 9.96. The molecule has 116 valence electrons. The van der Waals surface area contributed by atoms with Gasteiger partial charge in [-0.15, -0.1) is 0 Å². The van der Waals surface area contributed by atoms with Gasteiger partial charge in [0.05, 0.1) is 17.7 Å². The minimum Gasteiger partial charge on any atom is -0.357 e. The van der Waals surface area contributed by atoms with Gasteiger partial charge in [-0.2, -0.15) is 5.26 Å². The third kappa shape index (κ3) is 4.64. The molecule has 0 unspecified atom stereocenters. The first-order valence-corrected chi connectivity index (χ1v) is 8.54. The summed E-state index contributed by atoms with van der Waals surface area (Å²) in [5.74, 6) is 0. The van der Waals surface area contributed by atoms with Crippen LogP contribution in [0.4, 0.5) is 0 Å². The average Bonchev–Trinajstić information content (AvgIpc) is 2.55. The van der Waals surface area contributed by atoms with Gasteiger partial charge in [0.25, 0.3) is 0 Å². The van der Waals surface area contributed by atoms with E-state index in [4.69, 9.17) is 10.3 Å². The first-order chi connectivity index (χ1) is 10.6. The highest BCUT2D eigenvalue weighted by atomic mass is 32.2. The predicted octanol–water partition coefficient (Wildman–Crippen LogP) is 4.51. The van der Waals surface area contributed by atoms with E-state index in [1.807, 2.05) is 38.4 Å². The molecule has 0 aliphatic heterocycles. The molecule has 0 spiro atoms. The van der Waals surface area contributed by atoms with Gasteiger partial charge in [0.15, 0.2) is 5.17 Å². The lowest BCUT2D eigenvalue weighted by Gasteiger charge is -2.22. The van der Waals surface area contributed by atoms with Crippen LogP contribution < -0.4 is 0 Å². The number of hydrogen-bond acceptors (Lipinski definition) is 3. The Kier molecular flexibility index (Phi) is 6.09. The molecule has 0 saturated heterocycles. The zero-order valence-electron chi connectivity index (χ0n) is 13.4. The number of nitrogens with zero attached hydrogens (tertiary/aromatic N) is 3. The Morgan fingerprint density at radius 3 is 2.41 bits per heavy atom. The Balaban J connectivity index is 2.07. The molecule has 1 aliphatic rings. The molecule has 3 nitrogen and oxygen atoms in total. The van der Waals surface area contributed by atoms with Crippen molar-refractivity contribution in [2.24, 2.45) is 4.99 Å². The van der Waals surface area contributed by atoms with Crippen LogP contribution in [0.1, 0.15) is 43.2 Å². The minimum atomic E-state index is 0.451. The van der Waals surface area contributed by atoms with Gasteiger partial charge >= 0.3 is 0 Å². The summed E-state index contributed by atoms with van der Waals surface area (Å²) < 4.78 is 0. The van der Waals surface area contributed by atoms with Gasteiger partial charge in [0, 0.05) is 19.0 Å². The van der Waals surface area contributed by atoms with Crippen molar-refractivity contribution in [3.8, 4) is 6.07 Å². The molecule has 0 aromatic heterocycles. The fourth-order valence-corrected chi connectivity index (χ4v) is 3.36. The molecular formula is C18H23N3S. The van der Waals surface area contributed by atoms with Crippen molar-refractivity contribution in [3.05, 3.63) is 42.0 Å². The van der Waals surface area contributed by atoms with Crippen LogP contribution in [0.2, 0.25) is 0 Å². The Morgan fingerprint density at radius 2 is 1.86 bits per heavy atom. The molecule has 0 radical (unpaired) electrons. The van der Waals surface area contributed by atoms with Crippen LogP contribution in [-0.4, -0.2) is 30.2 Å². The van der Waals surface area contributed by atoms with Crippen LogP contribution in [0.25, 0.3) is 4.91 Å². The van der Waals surface area contributed by atoms with Gasteiger partial charge < -0.3 is 4.90 Å². The van der Waals surface area contributed by atoms with Crippen molar-refractivity contribution in [1.29, 1.82) is 5.26 Å². The molecule has 1 saturated carbocycles. The van der Waals surface area contributed by atoms with Crippen molar-refractivity contribution in [2.75, 3.05) is 14.1 Å². The maximum absolute atomic E-state index is 8.86. The quantitative estimate of drug-likeness (QED) is 0.608. The maximum Gasteiger partial charge on any atom is 0.163 e. The van der Waals surface area contributed by atoms with Crippen molar-refractivity contribution < 1.29 is 0 Å². The van der Waals surface area contributed by atoms with E-state index in [1.165, 1.54) is 32.1 Å². The van der Waals surface area contributed by atoms with E-state index < -0.39 is 0 Å². The Labute approximate surface area is 137 Å². The summed E-state index contributed by atoms with van der Waals surface area (Å²) in [6.07, 6.45) is 6.31. The van der Waals surface area contributed by atoms with Crippen molar-refractivity contribution in [3.63, 3.8) is 0 Å². The average molecular weight is 313 g/mol. The number of aliphatic imine (C=N–C) groups is 1. The second-order valence-corrected chi connectivity index (χ2v) is 6.87. The topological polar surface area (TPSA) is 39.4 Å². The minimum absolute atomic E-state index is 0.451. The summed E-state index contributed by atoms with van der Waals surface area (Å²) in [5.41, 5.74) is 1.72. The van der Waals surface area contributed by atoms with Crippen molar-refractivity contribution >= 4 is 21.8 Å². The van der Waals surface area contributed by atoms with Gasteiger partial charge in [0.2, 0.25) is 0 Å².